The Kier molecular flexibility index (Phi) is 15.2. The molecule has 0 saturated carbocycles. The van der Waals surface area contributed by atoms with Crippen LogP contribution in [0.2, 0.25) is 0 Å². The van der Waals surface area contributed by atoms with Crippen LogP contribution < -0.4 is 0 Å². The van der Waals surface area contributed by atoms with E-state index in [9.17, 15) is 0 Å². The molecule has 3 atom stereocenters. The van der Waals surface area contributed by atoms with Gasteiger partial charge in [-0.2, -0.15) is 10.5 Å². The first kappa shape index (κ1) is 22.8. The Morgan fingerprint density at radius 3 is 2.08 bits per heavy atom. The molecule has 0 rings (SSSR count). The summed E-state index contributed by atoms with van der Waals surface area (Å²) in [7, 11) is 0. The van der Waals surface area contributed by atoms with Gasteiger partial charge in [0.25, 0.3) is 0 Å². The summed E-state index contributed by atoms with van der Waals surface area (Å²) in [4.78, 5) is 6.47. The van der Waals surface area contributed by atoms with E-state index in [2.05, 4.69) is 9.69 Å². The minimum atomic E-state index is -0.509. The van der Waals surface area contributed by atoms with Gasteiger partial charge in [0, 0.05) is 0 Å². The summed E-state index contributed by atoms with van der Waals surface area (Å²) < 4.78 is 22.5. The normalized spacial score (nSPS) is 13.6. The molecule has 0 aliphatic carbocycles. The van der Waals surface area contributed by atoms with Gasteiger partial charge in [-0.25, -0.2) is 13.1 Å². The molecule has 0 N–H and O–H groups in total. The van der Waals surface area contributed by atoms with Crippen LogP contribution in [0, 0.1) is 35.8 Å². The van der Waals surface area contributed by atoms with E-state index in [0.29, 0.717) is 0 Å². The number of nitrogens with zero attached hydrogens (tertiary/aromatic N) is 4. The highest BCUT2D eigenvalue weighted by molar-refractivity contribution is 4.80. The lowest BCUT2D eigenvalue weighted by Gasteiger charge is -2.31. The zero-order valence-electron chi connectivity index (χ0n) is 14.5. The van der Waals surface area contributed by atoms with E-state index in [1.165, 1.54) is 0 Å². The smallest absolute Gasteiger partial charge is 0.237 e. The van der Waals surface area contributed by atoms with Gasteiger partial charge in [-0.1, -0.05) is 0 Å². The lowest BCUT2D eigenvalue weighted by atomic mass is 10.1. The molecule has 0 radical (unpaired) electrons. The van der Waals surface area contributed by atoms with Crippen LogP contribution in [0.25, 0.3) is 9.69 Å². The molecule has 0 fully saturated rings. The highest BCUT2D eigenvalue weighted by Crippen LogP contribution is 2.14. The molecule has 0 aliphatic rings. The maximum atomic E-state index is 8.69. The van der Waals surface area contributed by atoms with Crippen molar-refractivity contribution in [2.75, 3.05) is 46.1 Å². The van der Waals surface area contributed by atoms with Crippen LogP contribution in [0.5, 0.6) is 0 Å². The van der Waals surface area contributed by atoms with Crippen LogP contribution in [-0.4, -0.2) is 64.4 Å². The average Bonchev–Trinajstić information content (AvgIpc) is 2.61. The molecule has 0 spiro atoms. The molecule has 3 unspecified atom stereocenters. The molecule has 0 saturated heterocycles. The minimum Gasteiger partial charge on any atom is -0.375 e. The second kappa shape index (κ2) is 16.7. The van der Waals surface area contributed by atoms with Crippen LogP contribution in [0.1, 0.15) is 19.8 Å². The second-order valence-electron chi connectivity index (χ2n) is 4.98. The summed E-state index contributed by atoms with van der Waals surface area (Å²) >= 11 is 0. The van der Waals surface area contributed by atoms with Gasteiger partial charge in [-0.3, -0.25) is 0 Å². The summed E-state index contributed by atoms with van der Waals surface area (Å²) in [5, 5.41) is 17.3. The van der Waals surface area contributed by atoms with Crippen molar-refractivity contribution in [1.29, 1.82) is 10.5 Å². The average molecular weight is 348 g/mol. The predicted octanol–water partition coefficient (Wildman–Crippen LogP) is 1.84. The topological polar surface area (TPSA) is 93.2 Å². The number of hydrogen-bond donors (Lipinski definition) is 0. The van der Waals surface area contributed by atoms with Gasteiger partial charge in [-0.05, 0) is 6.92 Å². The summed E-state index contributed by atoms with van der Waals surface area (Å²) in [6.07, 6.45) is -0.891. The SMILES string of the molecule is [C-]#[N+]CCOCC(OCC[N+]#[C-])C(OCCC#N)C(C)OCCC#N. The monoisotopic (exact) mass is 348 g/mol. The molecular formula is C17H24N4O4. The van der Waals surface area contributed by atoms with E-state index < -0.39 is 12.2 Å². The number of nitriles is 2. The van der Waals surface area contributed by atoms with Gasteiger partial charge in [0.1, 0.15) is 25.4 Å². The van der Waals surface area contributed by atoms with Crippen molar-refractivity contribution in [2.24, 2.45) is 0 Å². The fourth-order valence-electron chi connectivity index (χ4n) is 1.97. The Labute approximate surface area is 149 Å². The molecular weight excluding hydrogens is 324 g/mol. The predicted molar refractivity (Wildman–Crippen MR) is 89.1 cm³/mol. The standard InChI is InChI=1S/C17H24N4O4/c1-15(23-10-4-6-18)17(25-11-5-7-19)16(24-13-9-21-3)14-22-12-8-20-2/h15-17H,4-5,8-14H2,1H3. The first-order valence-electron chi connectivity index (χ1n) is 8.04. The molecule has 0 heterocycles. The minimum absolute atomic E-state index is 0.191. The number of hydrogen-bond acceptors (Lipinski definition) is 6. The molecule has 0 amide bonds. The quantitative estimate of drug-likeness (QED) is 0.331. The van der Waals surface area contributed by atoms with E-state index >= 15 is 0 Å². The Balaban J connectivity index is 4.85. The third-order valence-corrected chi connectivity index (χ3v) is 3.11. The molecule has 0 aliphatic heterocycles. The van der Waals surface area contributed by atoms with E-state index in [1.54, 1.807) is 6.92 Å². The van der Waals surface area contributed by atoms with Crippen LogP contribution in [0.4, 0.5) is 0 Å². The van der Waals surface area contributed by atoms with Gasteiger partial charge in [0.05, 0.1) is 50.9 Å². The Bertz CT molecular complexity index is 501. The molecule has 0 aromatic rings. The largest absolute Gasteiger partial charge is 0.375 e. The van der Waals surface area contributed by atoms with Crippen molar-refractivity contribution in [2.45, 2.75) is 38.1 Å². The summed E-state index contributed by atoms with van der Waals surface area (Å²) in [5.74, 6) is 0. The fraction of sp³-hybridized carbons (Fsp3) is 0.765. The van der Waals surface area contributed by atoms with Crippen molar-refractivity contribution < 1.29 is 18.9 Å². The maximum Gasteiger partial charge on any atom is 0.237 e. The third-order valence-electron chi connectivity index (χ3n) is 3.11. The highest BCUT2D eigenvalue weighted by atomic mass is 16.6. The summed E-state index contributed by atoms with van der Waals surface area (Å²) in [6, 6.07) is 4.02. The molecule has 8 heteroatoms. The van der Waals surface area contributed by atoms with Gasteiger partial charge >= 0.3 is 0 Å². The maximum absolute atomic E-state index is 8.69. The van der Waals surface area contributed by atoms with E-state index in [1.807, 2.05) is 12.1 Å². The van der Waals surface area contributed by atoms with E-state index in [0.717, 1.165) is 0 Å². The lowest BCUT2D eigenvalue weighted by Crippen LogP contribution is -2.44. The third kappa shape index (κ3) is 11.9. The molecule has 0 aromatic carbocycles. The zero-order valence-corrected chi connectivity index (χ0v) is 14.5. The summed E-state index contributed by atoms with van der Waals surface area (Å²) in [5.41, 5.74) is 0. The van der Waals surface area contributed by atoms with Crippen molar-refractivity contribution in [3.63, 3.8) is 0 Å². The van der Waals surface area contributed by atoms with Gasteiger partial charge in [-0.15, -0.1) is 0 Å². The van der Waals surface area contributed by atoms with Gasteiger partial charge in [0.2, 0.25) is 13.1 Å². The lowest BCUT2D eigenvalue weighted by molar-refractivity contribution is -0.148. The van der Waals surface area contributed by atoms with Crippen molar-refractivity contribution in [3.8, 4) is 12.1 Å². The molecule has 0 bridgehead atoms. The molecule has 8 nitrogen and oxygen atoms in total. The Morgan fingerprint density at radius 1 is 0.880 bits per heavy atom. The molecule has 0 aromatic heterocycles. The van der Waals surface area contributed by atoms with Crippen molar-refractivity contribution >= 4 is 0 Å². The Morgan fingerprint density at radius 2 is 1.48 bits per heavy atom. The van der Waals surface area contributed by atoms with Crippen LogP contribution in [0.3, 0.4) is 0 Å². The van der Waals surface area contributed by atoms with E-state index in [-0.39, 0.29) is 65.1 Å². The van der Waals surface area contributed by atoms with Gasteiger partial charge in [0.15, 0.2) is 0 Å². The fourth-order valence-corrected chi connectivity index (χ4v) is 1.97. The van der Waals surface area contributed by atoms with Crippen LogP contribution in [-0.2, 0) is 18.9 Å². The van der Waals surface area contributed by atoms with Gasteiger partial charge < -0.3 is 28.6 Å². The molecule has 25 heavy (non-hydrogen) atoms. The van der Waals surface area contributed by atoms with Crippen LogP contribution >= 0.6 is 0 Å². The zero-order chi connectivity index (χ0) is 18.8. The molecule has 136 valence electrons. The van der Waals surface area contributed by atoms with Crippen molar-refractivity contribution in [1.82, 2.24) is 0 Å². The first-order chi connectivity index (χ1) is 12.2. The summed E-state index contributed by atoms with van der Waals surface area (Å²) in [6.45, 7) is 17.1. The highest BCUT2D eigenvalue weighted by Gasteiger charge is 2.30. The van der Waals surface area contributed by atoms with Crippen molar-refractivity contribution in [3.05, 3.63) is 22.8 Å². The van der Waals surface area contributed by atoms with E-state index in [4.69, 9.17) is 42.6 Å². The number of rotatable bonds is 15. The number of ether oxygens (including phenoxy) is 4. The Hall–Kier alpha value is -2.20. The second-order valence-corrected chi connectivity index (χ2v) is 4.98. The first-order valence-corrected chi connectivity index (χ1v) is 8.04. The van der Waals surface area contributed by atoms with Crippen LogP contribution in [0.15, 0.2) is 0 Å².